The van der Waals surface area contributed by atoms with Crippen LogP contribution < -0.4 is 10.6 Å². The number of benzene rings is 1. The molecule has 2 atom stereocenters. The summed E-state index contributed by atoms with van der Waals surface area (Å²) in [6, 6.07) is 5.65. The number of hydrogen-bond donors (Lipinski definition) is 2. The van der Waals surface area contributed by atoms with Crippen LogP contribution in [0.1, 0.15) is 63.0 Å². The number of piperazine rings is 1. The minimum absolute atomic E-state index is 0.0463. The second-order valence-electron chi connectivity index (χ2n) is 12.1. The fourth-order valence-electron chi connectivity index (χ4n) is 6.04. The van der Waals surface area contributed by atoms with E-state index in [-0.39, 0.29) is 36.3 Å². The Hall–Kier alpha value is -3.80. The van der Waals surface area contributed by atoms with E-state index in [0.717, 1.165) is 31.5 Å². The minimum atomic E-state index is -3.82. The number of hydrogen-bond acceptors (Lipinski definition) is 6. The molecule has 244 valence electrons. The van der Waals surface area contributed by atoms with Gasteiger partial charge in [-0.3, -0.25) is 24.2 Å². The number of rotatable bonds is 12. The lowest BCUT2D eigenvalue weighted by Gasteiger charge is -2.34. The van der Waals surface area contributed by atoms with Crippen LogP contribution in [0.2, 0.25) is 0 Å². The molecule has 3 amide bonds. The average Bonchev–Trinajstić information content (AvgIpc) is 3.05. The van der Waals surface area contributed by atoms with E-state index in [0.29, 0.717) is 44.6 Å². The maximum absolute atomic E-state index is 15.4. The first-order valence-corrected chi connectivity index (χ1v) is 15.7. The Bertz CT molecular complexity index is 1350. The van der Waals surface area contributed by atoms with Crippen molar-refractivity contribution in [3.8, 4) is 0 Å². The molecule has 9 nitrogen and oxygen atoms in total. The molecule has 2 aliphatic rings. The van der Waals surface area contributed by atoms with Gasteiger partial charge in [-0.15, -0.1) is 0 Å². The van der Waals surface area contributed by atoms with Crippen LogP contribution in [0.3, 0.4) is 0 Å². The van der Waals surface area contributed by atoms with E-state index in [9.17, 15) is 19.2 Å². The number of nitrogens with one attached hydrogen (secondary N) is 2. The highest BCUT2D eigenvalue weighted by Gasteiger charge is 2.44. The van der Waals surface area contributed by atoms with Crippen molar-refractivity contribution >= 4 is 29.2 Å². The van der Waals surface area contributed by atoms with Gasteiger partial charge < -0.3 is 20.4 Å². The summed E-state index contributed by atoms with van der Waals surface area (Å²) < 4.78 is 45.4. The smallest absolute Gasteiger partial charge is 0.331 e. The second-order valence-corrected chi connectivity index (χ2v) is 12.1. The van der Waals surface area contributed by atoms with Crippen LogP contribution in [-0.2, 0) is 31.5 Å². The number of anilines is 1. The van der Waals surface area contributed by atoms with E-state index < -0.39 is 47.4 Å². The SMILES string of the molecule is CCC(=O)N[C@H](Cc1ccc(NC(=O)[C@@H](CC(=O)C(F)(F)c2cccnc2)C2CCCCC2)c(F)c1)C(=O)N1CCN(C)CC1. The van der Waals surface area contributed by atoms with E-state index in [2.05, 4.69) is 20.5 Å². The summed E-state index contributed by atoms with van der Waals surface area (Å²) in [7, 11) is 1.97. The van der Waals surface area contributed by atoms with Gasteiger partial charge in [0.15, 0.2) is 0 Å². The molecule has 1 aliphatic heterocycles. The van der Waals surface area contributed by atoms with Crippen LogP contribution in [0.5, 0.6) is 0 Å². The normalized spacial score (nSPS) is 17.8. The van der Waals surface area contributed by atoms with Crippen LogP contribution in [0.4, 0.5) is 18.9 Å². The molecule has 45 heavy (non-hydrogen) atoms. The van der Waals surface area contributed by atoms with Gasteiger partial charge in [-0.05, 0) is 55.6 Å². The van der Waals surface area contributed by atoms with Crippen molar-refractivity contribution < 1.29 is 32.3 Å². The van der Waals surface area contributed by atoms with Gasteiger partial charge in [0.05, 0.1) is 5.69 Å². The summed E-state index contributed by atoms with van der Waals surface area (Å²) in [5, 5.41) is 5.28. The molecule has 4 rings (SSSR count). The first-order chi connectivity index (χ1) is 21.5. The number of likely N-dealkylation sites (N-methyl/N-ethyl adjacent to an activating group) is 1. The molecule has 1 aromatic carbocycles. The summed E-state index contributed by atoms with van der Waals surface area (Å²) in [5.74, 6) is -8.57. The lowest BCUT2D eigenvalue weighted by Crippen LogP contribution is -2.54. The molecular weight excluding hydrogens is 587 g/mol. The van der Waals surface area contributed by atoms with Gasteiger partial charge in [-0.1, -0.05) is 32.3 Å². The molecular formula is C33H42F3N5O4. The molecule has 1 saturated heterocycles. The van der Waals surface area contributed by atoms with E-state index in [1.165, 1.54) is 24.4 Å². The standard InChI is InChI=1S/C33H42F3N5O4/c1-3-30(43)38-28(32(45)41-16-14-40(2)15-17-41)19-22-11-12-27(26(34)18-22)39-31(44)25(23-8-5-4-6-9-23)20-29(42)33(35,36)24-10-7-13-37-21-24/h7,10-13,18,21,23,25,28H,3-6,8-9,14-17,19-20H2,1-2H3,(H,38,43)(H,39,44)/t25-,28+/m0/s1. The Balaban J connectivity index is 1.48. The average molecular weight is 630 g/mol. The monoisotopic (exact) mass is 629 g/mol. The van der Waals surface area contributed by atoms with E-state index in [1.54, 1.807) is 17.9 Å². The van der Waals surface area contributed by atoms with Crippen molar-refractivity contribution in [2.45, 2.75) is 70.3 Å². The highest BCUT2D eigenvalue weighted by molar-refractivity contribution is 5.97. The van der Waals surface area contributed by atoms with E-state index in [4.69, 9.17) is 0 Å². The molecule has 0 radical (unpaired) electrons. The molecule has 12 heteroatoms. The zero-order chi connectivity index (χ0) is 32.6. The molecule has 1 aromatic heterocycles. The number of ketones is 1. The van der Waals surface area contributed by atoms with Crippen molar-refractivity contribution in [2.24, 2.45) is 11.8 Å². The third kappa shape index (κ3) is 8.90. The summed E-state index contributed by atoms with van der Waals surface area (Å²) in [6.07, 6.45) is 5.60. The first kappa shape index (κ1) is 34.1. The van der Waals surface area contributed by atoms with Crippen LogP contribution in [0.15, 0.2) is 42.7 Å². The van der Waals surface area contributed by atoms with Crippen LogP contribution >= 0.6 is 0 Å². The number of halogens is 3. The molecule has 2 heterocycles. The number of pyridine rings is 1. The topological polar surface area (TPSA) is 112 Å². The predicted molar refractivity (Wildman–Crippen MR) is 163 cm³/mol. The van der Waals surface area contributed by atoms with Gasteiger partial charge >= 0.3 is 5.92 Å². The van der Waals surface area contributed by atoms with Gasteiger partial charge in [0, 0.05) is 69.3 Å². The summed E-state index contributed by atoms with van der Waals surface area (Å²) >= 11 is 0. The summed E-state index contributed by atoms with van der Waals surface area (Å²) in [4.78, 5) is 59.3. The second kappa shape index (κ2) is 15.5. The maximum atomic E-state index is 15.4. The maximum Gasteiger partial charge on any atom is 0.331 e. The van der Waals surface area contributed by atoms with Crippen molar-refractivity contribution in [2.75, 3.05) is 38.5 Å². The zero-order valence-electron chi connectivity index (χ0n) is 25.9. The zero-order valence-corrected chi connectivity index (χ0v) is 25.9. The number of alkyl halides is 2. The molecule has 0 unspecified atom stereocenters. The number of carbonyl (C=O) groups excluding carboxylic acids is 4. The fraction of sp³-hybridized carbons (Fsp3) is 0.545. The summed E-state index contributed by atoms with van der Waals surface area (Å²) in [5.41, 5.74) is -0.265. The highest BCUT2D eigenvalue weighted by Crippen LogP contribution is 2.37. The third-order valence-corrected chi connectivity index (χ3v) is 8.84. The number of amides is 3. The Labute approximate surface area is 261 Å². The van der Waals surface area contributed by atoms with E-state index in [1.807, 2.05) is 7.05 Å². The molecule has 2 N–H and O–H groups in total. The van der Waals surface area contributed by atoms with Gasteiger partial charge in [0.25, 0.3) is 0 Å². The lowest BCUT2D eigenvalue weighted by atomic mass is 9.76. The predicted octanol–water partition coefficient (Wildman–Crippen LogP) is 4.32. The molecule has 0 bridgehead atoms. The molecule has 1 saturated carbocycles. The molecule has 0 spiro atoms. The van der Waals surface area contributed by atoms with Gasteiger partial charge in [-0.25, -0.2) is 4.39 Å². The Morgan fingerprint density at radius 3 is 2.38 bits per heavy atom. The molecule has 1 aliphatic carbocycles. The third-order valence-electron chi connectivity index (χ3n) is 8.84. The quantitative estimate of drug-likeness (QED) is 0.362. The Morgan fingerprint density at radius 1 is 1.04 bits per heavy atom. The minimum Gasteiger partial charge on any atom is -0.344 e. The van der Waals surface area contributed by atoms with Crippen LogP contribution in [0, 0.1) is 17.7 Å². The Morgan fingerprint density at radius 2 is 1.76 bits per heavy atom. The first-order valence-electron chi connectivity index (χ1n) is 15.7. The Kier molecular flexibility index (Phi) is 11.7. The number of carbonyl (C=O) groups is 4. The van der Waals surface area contributed by atoms with E-state index >= 15 is 13.2 Å². The lowest BCUT2D eigenvalue weighted by molar-refractivity contribution is -0.147. The number of nitrogens with zero attached hydrogens (tertiary/aromatic N) is 3. The van der Waals surface area contributed by atoms with Gasteiger partial charge in [-0.2, -0.15) is 8.78 Å². The van der Waals surface area contributed by atoms with Crippen LogP contribution in [-0.4, -0.2) is 77.6 Å². The molecule has 2 aromatic rings. The van der Waals surface area contributed by atoms with Crippen molar-refractivity contribution in [1.82, 2.24) is 20.1 Å². The highest BCUT2D eigenvalue weighted by atomic mass is 19.3. The number of aromatic nitrogens is 1. The van der Waals surface area contributed by atoms with Crippen LogP contribution in [0.25, 0.3) is 0 Å². The largest absolute Gasteiger partial charge is 0.344 e. The summed E-state index contributed by atoms with van der Waals surface area (Å²) in [6.45, 7) is 4.13. The van der Waals surface area contributed by atoms with Gasteiger partial charge in [0.1, 0.15) is 11.9 Å². The van der Waals surface area contributed by atoms with Crippen molar-refractivity contribution in [3.05, 3.63) is 59.7 Å². The van der Waals surface area contributed by atoms with Crippen molar-refractivity contribution in [3.63, 3.8) is 0 Å². The fourth-order valence-corrected chi connectivity index (χ4v) is 6.04. The number of Topliss-reactive ketones (excluding diaryl/α,β-unsaturated/α-hetero) is 1. The van der Waals surface area contributed by atoms with Crippen molar-refractivity contribution in [1.29, 1.82) is 0 Å². The molecule has 2 fully saturated rings. The van der Waals surface area contributed by atoms with Gasteiger partial charge in [0.2, 0.25) is 23.5 Å².